The number of methoxy groups -OCH3 is 1. The number of halogens is 1. The lowest BCUT2D eigenvalue weighted by atomic mass is 9.89. The van der Waals surface area contributed by atoms with Gasteiger partial charge in [-0.05, 0) is 49.5 Å². The van der Waals surface area contributed by atoms with Gasteiger partial charge in [-0.15, -0.1) is 0 Å². The van der Waals surface area contributed by atoms with E-state index in [9.17, 15) is 4.39 Å². The molecule has 2 unspecified atom stereocenters. The molecule has 1 rings (SSSR count). The summed E-state index contributed by atoms with van der Waals surface area (Å²) in [5.74, 6) is 1.13. The molecule has 0 saturated heterocycles. The molecule has 2 atom stereocenters. The number of nitrogens with one attached hydrogen (secondary N) is 1. The average Bonchev–Trinajstić information content (AvgIpc) is 2.29. The van der Waals surface area contributed by atoms with Crippen LogP contribution in [0.4, 0.5) is 4.39 Å². The van der Waals surface area contributed by atoms with Crippen molar-refractivity contribution in [2.24, 2.45) is 11.8 Å². The Labute approximate surface area is 103 Å². The zero-order valence-corrected chi connectivity index (χ0v) is 11.1. The highest BCUT2D eigenvalue weighted by molar-refractivity contribution is 5.29. The van der Waals surface area contributed by atoms with Crippen LogP contribution in [0.3, 0.4) is 0 Å². The van der Waals surface area contributed by atoms with Gasteiger partial charge in [-0.2, -0.15) is 0 Å². The van der Waals surface area contributed by atoms with E-state index in [1.54, 1.807) is 12.1 Å². The van der Waals surface area contributed by atoms with Gasteiger partial charge in [0, 0.05) is 0 Å². The third-order valence-electron chi connectivity index (χ3n) is 3.27. The van der Waals surface area contributed by atoms with E-state index in [2.05, 4.69) is 19.2 Å². The molecule has 0 amide bonds. The van der Waals surface area contributed by atoms with E-state index in [1.165, 1.54) is 7.11 Å². The number of ether oxygens (including phenoxy) is 1. The molecule has 17 heavy (non-hydrogen) atoms. The maximum absolute atomic E-state index is 13.5. The third-order valence-corrected chi connectivity index (χ3v) is 3.27. The number of rotatable bonds is 6. The molecule has 3 heteroatoms. The summed E-state index contributed by atoms with van der Waals surface area (Å²) < 4.78 is 18.4. The molecule has 0 aliphatic rings. The molecule has 96 valence electrons. The van der Waals surface area contributed by atoms with E-state index in [1.807, 2.05) is 13.1 Å². The van der Waals surface area contributed by atoms with Crippen LogP contribution in [0.5, 0.6) is 5.75 Å². The van der Waals surface area contributed by atoms with Gasteiger partial charge in [0.15, 0.2) is 11.6 Å². The Balaban J connectivity index is 2.65. The second-order valence-electron chi connectivity index (χ2n) is 4.69. The van der Waals surface area contributed by atoms with E-state index in [-0.39, 0.29) is 5.82 Å². The van der Waals surface area contributed by atoms with Gasteiger partial charge in [-0.3, -0.25) is 0 Å². The molecule has 1 aromatic carbocycles. The van der Waals surface area contributed by atoms with Crippen LogP contribution >= 0.6 is 0 Å². The maximum Gasteiger partial charge on any atom is 0.165 e. The highest BCUT2D eigenvalue weighted by Gasteiger charge is 2.13. The number of hydrogen-bond donors (Lipinski definition) is 1. The molecule has 0 fully saturated rings. The monoisotopic (exact) mass is 239 g/mol. The van der Waals surface area contributed by atoms with Gasteiger partial charge >= 0.3 is 0 Å². The lowest BCUT2D eigenvalue weighted by Crippen LogP contribution is -2.23. The molecule has 1 aromatic rings. The number of hydrogen-bond acceptors (Lipinski definition) is 2. The Morgan fingerprint density at radius 3 is 2.53 bits per heavy atom. The molecule has 0 aliphatic carbocycles. The summed E-state index contributed by atoms with van der Waals surface area (Å²) in [7, 11) is 3.44. The first kappa shape index (κ1) is 14.0. The van der Waals surface area contributed by atoms with Crippen LogP contribution in [-0.4, -0.2) is 20.7 Å². The minimum atomic E-state index is -0.279. The largest absolute Gasteiger partial charge is 0.494 e. The van der Waals surface area contributed by atoms with Crippen LogP contribution in [-0.2, 0) is 6.42 Å². The minimum absolute atomic E-state index is 0.279. The Hall–Kier alpha value is -1.09. The average molecular weight is 239 g/mol. The lowest BCUT2D eigenvalue weighted by molar-refractivity contribution is 0.371. The van der Waals surface area contributed by atoms with E-state index < -0.39 is 0 Å². The van der Waals surface area contributed by atoms with Crippen LogP contribution in [0, 0.1) is 17.7 Å². The number of benzene rings is 1. The van der Waals surface area contributed by atoms with Gasteiger partial charge < -0.3 is 10.1 Å². The third kappa shape index (κ3) is 4.00. The predicted octanol–water partition coefficient (Wildman–Crippen LogP) is 2.87. The Morgan fingerprint density at radius 2 is 2.00 bits per heavy atom. The van der Waals surface area contributed by atoms with Gasteiger partial charge in [0.05, 0.1) is 7.11 Å². The van der Waals surface area contributed by atoms with E-state index >= 15 is 0 Å². The second-order valence-corrected chi connectivity index (χ2v) is 4.69. The normalized spacial score (nSPS) is 14.4. The Kier molecular flexibility index (Phi) is 5.42. The van der Waals surface area contributed by atoms with Crippen molar-refractivity contribution in [2.75, 3.05) is 20.7 Å². The topological polar surface area (TPSA) is 21.3 Å². The first-order chi connectivity index (χ1) is 8.08. The van der Waals surface area contributed by atoms with Gasteiger partial charge in [-0.25, -0.2) is 4.39 Å². The molecule has 0 heterocycles. The fourth-order valence-electron chi connectivity index (χ4n) is 1.93. The van der Waals surface area contributed by atoms with Crippen LogP contribution in [0.15, 0.2) is 18.2 Å². The van der Waals surface area contributed by atoms with Crippen molar-refractivity contribution in [3.8, 4) is 5.75 Å². The van der Waals surface area contributed by atoms with Gasteiger partial charge in [-0.1, -0.05) is 19.9 Å². The van der Waals surface area contributed by atoms with E-state index in [0.29, 0.717) is 17.6 Å². The highest BCUT2D eigenvalue weighted by Crippen LogP contribution is 2.22. The van der Waals surface area contributed by atoms with Crippen molar-refractivity contribution >= 4 is 0 Å². The Morgan fingerprint density at radius 1 is 1.29 bits per heavy atom. The van der Waals surface area contributed by atoms with Crippen LogP contribution in [0.2, 0.25) is 0 Å². The van der Waals surface area contributed by atoms with Crippen molar-refractivity contribution in [3.05, 3.63) is 29.6 Å². The standard InChI is InChI=1S/C14H22FNO/c1-10(11(2)9-16-3)7-12-5-6-14(17-4)13(15)8-12/h5-6,8,10-11,16H,7,9H2,1-4H3. The SMILES string of the molecule is CNCC(C)C(C)Cc1ccc(OC)c(F)c1. The molecule has 0 spiro atoms. The summed E-state index contributed by atoms with van der Waals surface area (Å²) in [6.45, 7) is 5.39. The molecule has 0 aromatic heterocycles. The summed E-state index contributed by atoms with van der Waals surface area (Å²) in [6, 6.07) is 5.20. The smallest absolute Gasteiger partial charge is 0.165 e. The predicted molar refractivity (Wildman–Crippen MR) is 68.9 cm³/mol. The zero-order valence-electron chi connectivity index (χ0n) is 11.1. The van der Waals surface area contributed by atoms with Crippen LogP contribution < -0.4 is 10.1 Å². The van der Waals surface area contributed by atoms with Crippen molar-refractivity contribution < 1.29 is 9.13 Å². The molecular weight excluding hydrogens is 217 g/mol. The van der Waals surface area contributed by atoms with Crippen LogP contribution in [0.1, 0.15) is 19.4 Å². The van der Waals surface area contributed by atoms with E-state index in [4.69, 9.17) is 4.74 Å². The summed E-state index contributed by atoms with van der Waals surface area (Å²) in [5.41, 5.74) is 1.03. The fraction of sp³-hybridized carbons (Fsp3) is 0.571. The Bertz CT molecular complexity index is 354. The molecular formula is C14H22FNO. The van der Waals surface area contributed by atoms with Crippen molar-refractivity contribution in [1.82, 2.24) is 5.32 Å². The minimum Gasteiger partial charge on any atom is -0.494 e. The molecule has 0 radical (unpaired) electrons. The van der Waals surface area contributed by atoms with Gasteiger partial charge in [0.25, 0.3) is 0 Å². The molecule has 0 bridgehead atoms. The maximum atomic E-state index is 13.5. The van der Waals surface area contributed by atoms with Crippen LogP contribution in [0.25, 0.3) is 0 Å². The summed E-state index contributed by atoms with van der Waals surface area (Å²) in [4.78, 5) is 0. The summed E-state index contributed by atoms with van der Waals surface area (Å²) in [5, 5.41) is 3.17. The molecule has 0 aliphatic heterocycles. The van der Waals surface area contributed by atoms with Crippen molar-refractivity contribution in [2.45, 2.75) is 20.3 Å². The zero-order chi connectivity index (χ0) is 12.8. The summed E-state index contributed by atoms with van der Waals surface area (Å²) >= 11 is 0. The van der Waals surface area contributed by atoms with Crippen molar-refractivity contribution in [1.29, 1.82) is 0 Å². The fourth-order valence-corrected chi connectivity index (χ4v) is 1.93. The van der Waals surface area contributed by atoms with Gasteiger partial charge in [0.1, 0.15) is 0 Å². The molecule has 2 nitrogen and oxygen atoms in total. The van der Waals surface area contributed by atoms with Gasteiger partial charge in [0.2, 0.25) is 0 Å². The molecule has 1 N–H and O–H groups in total. The quantitative estimate of drug-likeness (QED) is 0.824. The summed E-state index contributed by atoms with van der Waals surface area (Å²) in [6.07, 6.45) is 0.893. The first-order valence-electron chi connectivity index (χ1n) is 6.05. The first-order valence-corrected chi connectivity index (χ1v) is 6.05. The lowest BCUT2D eigenvalue weighted by Gasteiger charge is -2.19. The van der Waals surface area contributed by atoms with Crippen molar-refractivity contribution in [3.63, 3.8) is 0 Å². The highest BCUT2D eigenvalue weighted by atomic mass is 19.1. The van der Waals surface area contributed by atoms with E-state index in [0.717, 1.165) is 18.5 Å². The second kappa shape index (κ2) is 6.60. The molecule has 0 saturated carbocycles.